The number of hydrogen-bond acceptors (Lipinski definition) is 5. The lowest BCUT2D eigenvalue weighted by Gasteiger charge is -2.43. The molecule has 3 rings (SSSR count). The highest BCUT2D eigenvalue weighted by molar-refractivity contribution is 5.74. The lowest BCUT2D eigenvalue weighted by molar-refractivity contribution is 0.0242. The first kappa shape index (κ1) is 17.9. The summed E-state index contributed by atoms with van der Waals surface area (Å²) in [6, 6.07) is 4.19. The predicted octanol–water partition coefficient (Wildman–Crippen LogP) is 1.82. The maximum absolute atomic E-state index is 12.4. The Labute approximate surface area is 149 Å². The summed E-state index contributed by atoms with van der Waals surface area (Å²) in [5, 5.41) is 11.5. The zero-order valence-corrected chi connectivity index (χ0v) is 15.5. The van der Waals surface area contributed by atoms with Crippen LogP contribution < -0.4 is 10.2 Å². The Balaban J connectivity index is 1.74. The molecule has 7 heteroatoms. The van der Waals surface area contributed by atoms with Crippen LogP contribution >= 0.6 is 0 Å². The van der Waals surface area contributed by atoms with E-state index in [9.17, 15) is 4.79 Å². The highest BCUT2D eigenvalue weighted by Crippen LogP contribution is 2.34. The molecule has 0 aliphatic carbocycles. The smallest absolute Gasteiger partial charge is 0.317 e. The minimum absolute atomic E-state index is 0.0278. The lowest BCUT2D eigenvalue weighted by atomic mass is 9.80. The molecule has 0 unspecified atom stereocenters. The van der Waals surface area contributed by atoms with Crippen LogP contribution in [0.4, 0.5) is 10.6 Å². The lowest BCUT2D eigenvalue weighted by Crippen LogP contribution is -2.55. The van der Waals surface area contributed by atoms with Crippen molar-refractivity contribution in [2.75, 3.05) is 44.3 Å². The molecule has 1 atom stereocenters. The summed E-state index contributed by atoms with van der Waals surface area (Å²) in [4.78, 5) is 16.6. The van der Waals surface area contributed by atoms with E-state index in [4.69, 9.17) is 4.74 Å². The van der Waals surface area contributed by atoms with Crippen molar-refractivity contribution in [3.8, 4) is 0 Å². The fraction of sp³-hybridized carbons (Fsp3) is 0.722. The van der Waals surface area contributed by atoms with Crippen molar-refractivity contribution < 1.29 is 9.53 Å². The van der Waals surface area contributed by atoms with Crippen molar-refractivity contribution in [2.45, 2.75) is 39.7 Å². The van der Waals surface area contributed by atoms with Gasteiger partial charge in [-0.1, -0.05) is 0 Å². The topological polar surface area (TPSA) is 70.6 Å². The zero-order valence-electron chi connectivity index (χ0n) is 15.5. The molecule has 2 saturated heterocycles. The third kappa shape index (κ3) is 4.39. The molecule has 2 amide bonds. The molecule has 7 nitrogen and oxygen atoms in total. The molecule has 2 aliphatic rings. The zero-order chi connectivity index (χ0) is 17.9. The summed E-state index contributed by atoms with van der Waals surface area (Å²) in [5.74, 6) is 0.888. The monoisotopic (exact) mass is 347 g/mol. The largest absolute Gasteiger partial charge is 0.379 e. The van der Waals surface area contributed by atoms with Gasteiger partial charge >= 0.3 is 6.03 Å². The van der Waals surface area contributed by atoms with Gasteiger partial charge in [0.1, 0.15) is 0 Å². The molecule has 25 heavy (non-hydrogen) atoms. The first-order chi connectivity index (χ1) is 12.0. The van der Waals surface area contributed by atoms with E-state index < -0.39 is 0 Å². The number of carbonyl (C=O) groups excluding carboxylic acids is 1. The second-order valence-electron chi connectivity index (χ2n) is 7.64. The predicted molar refractivity (Wildman–Crippen MR) is 96.7 cm³/mol. The number of rotatable bonds is 2. The number of urea groups is 1. The highest BCUT2D eigenvalue weighted by Gasteiger charge is 2.40. The van der Waals surface area contributed by atoms with Crippen LogP contribution in [0.15, 0.2) is 12.1 Å². The highest BCUT2D eigenvalue weighted by atomic mass is 16.5. The summed E-state index contributed by atoms with van der Waals surface area (Å²) in [6.45, 7) is 10.5. The van der Waals surface area contributed by atoms with Crippen LogP contribution in [0.3, 0.4) is 0 Å². The fourth-order valence-electron chi connectivity index (χ4n) is 3.72. The maximum atomic E-state index is 12.4. The first-order valence-corrected chi connectivity index (χ1v) is 9.16. The molecule has 2 aliphatic heterocycles. The van der Waals surface area contributed by atoms with Gasteiger partial charge in [0.15, 0.2) is 5.82 Å². The van der Waals surface area contributed by atoms with E-state index in [1.54, 1.807) is 0 Å². The molecule has 1 N–H and O–H groups in total. The van der Waals surface area contributed by atoms with Gasteiger partial charge in [0.05, 0.1) is 18.9 Å². The summed E-state index contributed by atoms with van der Waals surface area (Å²) in [7, 11) is 0. The van der Waals surface area contributed by atoms with E-state index in [-0.39, 0.29) is 17.5 Å². The molecule has 3 heterocycles. The Morgan fingerprint density at radius 1 is 1.28 bits per heavy atom. The molecule has 0 radical (unpaired) electrons. The second kappa shape index (κ2) is 7.56. The molecule has 1 aromatic rings. The quantitative estimate of drug-likeness (QED) is 0.884. The van der Waals surface area contributed by atoms with Crippen molar-refractivity contribution in [1.29, 1.82) is 0 Å². The maximum Gasteiger partial charge on any atom is 0.317 e. The molecule has 0 saturated carbocycles. The van der Waals surface area contributed by atoms with Gasteiger partial charge in [-0.3, -0.25) is 0 Å². The number of anilines is 1. The van der Waals surface area contributed by atoms with Gasteiger partial charge in [-0.25, -0.2) is 4.79 Å². The van der Waals surface area contributed by atoms with Crippen LogP contribution in [0.1, 0.15) is 32.4 Å². The van der Waals surface area contributed by atoms with Crippen molar-refractivity contribution in [1.82, 2.24) is 20.4 Å². The van der Waals surface area contributed by atoms with Crippen molar-refractivity contribution in [3.63, 3.8) is 0 Å². The van der Waals surface area contributed by atoms with E-state index in [1.165, 1.54) is 0 Å². The Hall–Kier alpha value is -1.89. The molecular formula is C18H29N5O2. The number of nitrogens with zero attached hydrogens (tertiary/aromatic N) is 4. The van der Waals surface area contributed by atoms with Gasteiger partial charge in [0.25, 0.3) is 0 Å². The number of carbonyl (C=O) groups is 1. The molecule has 1 spiro atoms. The molecule has 2 fully saturated rings. The number of hydrogen-bond donors (Lipinski definition) is 1. The second-order valence-corrected chi connectivity index (χ2v) is 7.64. The van der Waals surface area contributed by atoms with E-state index in [1.807, 2.05) is 37.8 Å². The van der Waals surface area contributed by atoms with Crippen LogP contribution in [-0.4, -0.2) is 66.6 Å². The van der Waals surface area contributed by atoms with E-state index in [2.05, 4.69) is 20.4 Å². The van der Waals surface area contributed by atoms with Gasteiger partial charge in [-0.15, -0.1) is 5.10 Å². The van der Waals surface area contributed by atoms with Crippen LogP contribution in [0.25, 0.3) is 0 Å². The van der Waals surface area contributed by atoms with Crippen LogP contribution in [0.5, 0.6) is 0 Å². The summed E-state index contributed by atoms with van der Waals surface area (Å²) < 4.78 is 5.92. The average molecular weight is 347 g/mol. The number of piperidine rings is 1. The van der Waals surface area contributed by atoms with Gasteiger partial charge in [-0.2, -0.15) is 5.10 Å². The van der Waals surface area contributed by atoms with E-state index in [0.29, 0.717) is 13.2 Å². The van der Waals surface area contributed by atoms with Crippen molar-refractivity contribution >= 4 is 11.8 Å². The average Bonchev–Trinajstić information content (AvgIpc) is 2.78. The number of amides is 2. The van der Waals surface area contributed by atoms with E-state index in [0.717, 1.165) is 50.5 Å². The minimum atomic E-state index is -0.0460. The summed E-state index contributed by atoms with van der Waals surface area (Å²) >= 11 is 0. The van der Waals surface area contributed by atoms with Gasteiger partial charge in [0.2, 0.25) is 0 Å². The number of aromatic nitrogens is 2. The van der Waals surface area contributed by atoms with Crippen molar-refractivity contribution in [3.05, 3.63) is 17.8 Å². The number of ether oxygens (including phenoxy) is 1. The number of aryl methyl sites for hydroxylation is 1. The minimum Gasteiger partial charge on any atom is -0.379 e. The van der Waals surface area contributed by atoms with Gasteiger partial charge < -0.3 is 19.9 Å². The Bertz CT molecular complexity index is 592. The summed E-state index contributed by atoms with van der Waals surface area (Å²) in [6.07, 6.45) is 2.07. The third-order valence-corrected chi connectivity index (χ3v) is 4.91. The normalized spacial score (nSPS) is 24.5. The Kier molecular flexibility index (Phi) is 5.42. The van der Waals surface area contributed by atoms with Crippen LogP contribution in [-0.2, 0) is 4.74 Å². The van der Waals surface area contributed by atoms with Gasteiger partial charge in [0, 0.05) is 37.6 Å². The SMILES string of the molecule is Cc1ccc(N2CCOC[C@@]3(CCCN(C(=O)NC(C)C)C3)C2)nn1. The Morgan fingerprint density at radius 2 is 2.12 bits per heavy atom. The van der Waals surface area contributed by atoms with E-state index >= 15 is 0 Å². The molecule has 1 aromatic heterocycles. The van der Waals surface area contributed by atoms with Crippen LogP contribution in [0, 0.1) is 12.3 Å². The van der Waals surface area contributed by atoms with Crippen LogP contribution in [0.2, 0.25) is 0 Å². The molecule has 0 bridgehead atoms. The fourth-order valence-corrected chi connectivity index (χ4v) is 3.72. The first-order valence-electron chi connectivity index (χ1n) is 9.16. The van der Waals surface area contributed by atoms with Gasteiger partial charge in [-0.05, 0) is 45.7 Å². The summed E-state index contributed by atoms with van der Waals surface area (Å²) in [5.41, 5.74) is 0.869. The molecule has 138 valence electrons. The third-order valence-electron chi connectivity index (χ3n) is 4.91. The molecule has 0 aromatic carbocycles. The number of nitrogens with one attached hydrogen (secondary N) is 1. The van der Waals surface area contributed by atoms with Crippen molar-refractivity contribution in [2.24, 2.45) is 5.41 Å². The Morgan fingerprint density at radius 3 is 2.84 bits per heavy atom. The number of likely N-dealkylation sites (tertiary alicyclic amines) is 1. The molecular weight excluding hydrogens is 318 g/mol. The standard InChI is InChI=1S/C18H29N5O2/c1-14(2)19-17(24)23-8-4-7-18(12-23)11-22(9-10-25-13-18)16-6-5-15(3)20-21-16/h5-6,14H,4,7-13H2,1-3H3,(H,19,24)/t18-/m0/s1.